The number of aromatic nitrogens is 1. The quantitative estimate of drug-likeness (QED) is 0.836. The molecule has 0 saturated carbocycles. The van der Waals surface area contributed by atoms with Crippen molar-refractivity contribution in [3.05, 3.63) is 65.5 Å². The van der Waals surface area contributed by atoms with Crippen LogP contribution in [0.1, 0.15) is 27.4 Å². The molecule has 27 heavy (non-hydrogen) atoms. The number of ether oxygens (including phenoxy) is 1. The maximum absolute atomic E-state index is 12.7. The van der Waals surface area contributed by atoms with Gasteiger partial charge < -0.3 is 14.7 Å². The molecular formula is C21H19N3O3. The van der Waals surface area contributed by atoms with Crippen molar-refractivity contribution in [3.8, 4) is 17.9 Å². The molecule has 1 fully saturated rings. The van der Waals surface area contributed by atoms with Gasteiger partial charge in [0.1, 0.15) is 12.6 Å². The Morgan fingerprint density at radius 3 is 2.70 bits per heavy atom. The molecule has 0 bridgehead atoms. The van der Waals surface area contributed by atoms with Crippen LogP contribution in [0.4, 0.5) is 0 Å². The Labute approximate surface area is 158 Å². The summed E-state index contributed by atoms with van der Waals surface area (Å²) in [7, 11) is 1.59. The minimum Gasteiger partial charge on any atom is -0.394 e. The fraction of sp³-hybridized carbons (Fsp3) is 0.286. The summed E-state index contributed by atoms with van der Waals surface area (Å²) in [5.74, 6) is 5.32. The first-order valence-electron chi connectivity index (χ1n) is 8.52. The first-order chi connectivity index (χ1) is 13.2. The molecule has 0 unspecified atom stereocenters. The first kappa shape index (κ1) is 18.6. The number of rotatable bonds is 4. The summed E-state index contributed by atoms with van der Waals surface area (Å²) in [5.41, 5.74) is 2.14. The van der Waals surface area contributed by atoms with E-state index in [9.17, 15) is 15.2 Å². The van der Waals surface area contributed by atoms with E-state index in [4.69, 9.17) is 4.74 Å². The summed E-state index contributed by atoms with van der Waals surface area (Å²) in [5, 5.41) is 19.5. The van der Waals surface area contributed by atoms with Crippen LogP contribution in [0.15, 0.2) is 48.8 Å². The number of pyridine rings is 1. The number of hydrogen-bond donors (Lipinski definition) is 1. The molecule has 6 heteroatoms. The Morgan fingerprint density at radius 1 is 1.33 bits per heavy atom. The lowest BCUT2D eigenvalue weighted by Gasteiger charge is -2.51. The second-order valence-corrected chi connectivity index (χ2v) is 6.16. The normalized spacial score (nSPS) is 20.8. The second-order valence-electron chi connectivity index (χ2n) is 6.16. The van der Waals surface area contributed by atoms with Gasteiger partial charge in [-0.1, -0.05) is 24.0 Å². The highest BCUT2D eigenvalue weighted by Crippen LogP contribution is 2.41. The number of benzene rings is 1. The third-order valence-corrected chi connectivity index (χ3v) is 4.62. The zero-order valence-electron chi connectivity index (χ0n) is 14.9. The highest BCUT2D eigenvalue weighted by atomic mass is 16.5. The maximum Gasteiger partial charge on any atom is 0.256 e. The number of nitrogens with zero attached hydrogens (tertiary/aromatic N) is 3. The van der Waals surface area contributed by atoms with Crippen molar-refractivity contribution in [2.24, 2.45) is 0 Å². The second kappa shape index (κ2) is 8.46. The molecule has 1 N–H and O–H groups in total. The van der Waals surface area contributed by atoms with Crippen LogP contribution in [-0.4, -0.2) is 53.3 Å². The van der Waals surface area contributed by atoms with E-state index in [0.717, 1.165) is 11.1 Å². The number of carbonyl (C=O) groups is 1. The van der Waals surface area contributed by atoms with Gasteiger partial charge in [-0.15, -0.1) is 0 Å². The van der Waals surface area contributed by atoms with Gasteiger partial charge in [0.25, 0.3) is 5.91 Å². The number of methoxy groups -OCH3 is 1. The van der Waals surface area contributed by atoms with Crippen molar-refractivity contribution in [1.82, 2.24) is 9.88 Å². The van der Waals surface area contributed by atoms with E-state index in [1.54, 1.807) is 25.4 Å². The molecule has 1 aliphatic heterocycles. The standard InChI is InChI=1S/C21H19N3O3/c1-27-11-3-4-15-6-8-16(9-7-15)20-18(12-22)24(19(20)14-25)21(26)17-5-2-10-23-13-17/h2,5-10,13,18-20,25H,11,14H2,1H3/t18-,19-,20+/m0/s1. The fourth-order valence-electron chi connectivity index (χ4n) is 3.32. The zero-order valence-corrected chi connectivity index (χ0v) is 14.9. The molecule has 1 amide bonds. The van der Waals surface area contributed by atoms with Crippen LogP contribution in [0.5, 0.6) is 0 Å². The molecule has 0 radical (unpaired) electrons. The number of hydrogen-bond acceptors (Lipinski definition) is 5. The van der Waals surface area contributed by atoms with E-state index in [2.05, 4.69) is 22.9 Å². The lowest BCUT2D eigenvalue weighted by atomic mass is 9.75. The van der Waals surface area contributed by atoms with E-state index >= 15 is 0 Å². The number of nitriles is 1. The molecule has 3 rings (SSSR count). The van der Waals surface area contributed by atoms with Gasteiger partial charge in [0.2, 0.25) is 0 Å². The Morgan fingerprint density at radius 2 is 2.11 bits per heavy atom. The van der Waals surface area contributed by atoms with Gasteiger partial charge in [0.15, 0.2) is 0 Å². The van der Waals surface area contributed by atoms with Crippen LogP contribution in [-0.2, 0) is 4.74 Å². The van der Waals surface area contributed by atoms with E-state index < -0.39 is 12.1 Å². The van der Waals surface area contributed by atoms with Gasteiger partial charge >= 0.3 is 0 Å². The summed E-state index contributed by atoms with van der Waals surface area (Å²) in [4.78, 5) is 18.1. The Bertz CT molecular complexity index is 894. The third-order valence-electron chi connectivity index (χ3n) is 4.62. The van der Waals surface area contributed by atoms with E-state index in [-0.39, 0.29) is 18.4 Å². The average Bonchev–Trinajstić information content (AvgIpc) is 2.70. The van der Waals surface area contributed by atoms with Gasteiger partial charge in [-0.25, -0.2) is 0 Å². The molecule has 1 aromatic carbocycles. The Kier molecular flexibility index (Phi) is 5.83. The molecule has 1 saturated heterocycles. The van der Waals surface area contributed by atoms with Gasteiger partial charge in [-0.05, 0) is 29.8 Å². The zero-order chi connectivity index (χ0) is 19.2. The number of aliphatic hydroxyl groups excluding tert-OH is 1. The van der Waals surface area contributed by atoms with Crippen molar-refractivity contribution in [2.45, 2.75) is 18.0 Å². The molecule has 1 aliphatic rings. The lowest BCUT2D eigenvalue weighted by molar-refractivity contribution is -0.00588. The van der Waals surface area contributed by atoms with Crippen LogP contribution in [0.25, 0.3) is 0 Å². The highest BCUT2D eigenvalue weighted by Gasteiger charge is 2.51. The highest BCUT2D eigenvalue weighted by molar-refractivity contribution is 5.95. The van der Waals surface area contributed by atoms with Crippen LogP contribution in [0.3, 0.4) is 0 Å². The summed E-state index contributed by atoms with van der Waals surface area (Å²) in [6.07, 6.45) is 3.05. The molecule has 3 atom stereocenters. The molecule has 2 aromatic rings. The smallest absolute Gasteiger partial charge is 0.256 e. The number of amides is 1. The lowest BCUT2D eigenvalue weighted by Crippen LogP contribution is -2.65. The predicted molar refractivity (Wildman–Crippen MR) is 98.6 cm³/mol. The Balaban J connectivity index is 1.82. The topological polar surface area (TPSA) is 86.5 Å². The van der Waals surface area contributed by atoms with Crippen LogP contribution in [0.2, 0.25) is 0 Å². The molecule has 0 spiro atoms. The molecule has 2 heterocycles. The summed E-state index contributed by atoms with van der Waals surface area (Å²) in [6.45, 7) is 0.142. The van der Waals surface area contributed by atoms with E-state index in [0.29, 0.717) is 12.2 Å². The largest absolute Gasteiger partial charge is 0.394 e. The van der Waals surface area contributed by atoms with Crippen LogP contribution < -0.4 is 0 Å². The van der Waals surface area contributed by atoms with Gasteiger partial charge in [-0.2, -0.15) is 5.26 Å². The minimum atomic E-state index is -0.639. The van der Waals surface area contributed by atoms with Gasteiger partial charge in [-0.3, -0.25) is 9.78 Å². The fourth-order valence-corrected chi connectivity index (χ4v) is 3.32. The number of carbonyl (C=O) groups excluding carboxylic acids is 1. The minimum absolute atomic E-state index is 0.218. The summed E-state index contributed by atoms with van der Waals surface area (Å²) in [6, 6.07) is 11.9. The third kappa shape index (κ3) is 3.68. The van der Waals surface area contributed by atoms with Crippen molar-refractivity contribution < 1.29 is 14.6 Å². The SMILES string of the molecule is COCC#Cc1ccc([C@@H]2[C@H](C#N)N(C(=O)c3cccnc3)[C@H]2CO)cc1. The average molecular weight is 361 g/mol. The van der Waals surface area contributed by atoms with Gasteiger partial charge in [0.05, 0.1) is 24.3 Å². The first-order valence-corrected chi connectivity index (χ1v) is 8.52. The van der Waals surface area contributed by atoms with E-state index in [1.165, 1.54) is 11.1 Å². The van der Waals surface area contributed by atoms with Crippen LogP contribution in [0, 0.1) is 23.2 Å². The monoisotopic (exact) mass is 361 g/mol. The predicted octanol–water partition coefficient (Wildman–Crippen LogP) is 1.57. The molecule has 0 aliphatic carbocycles. The molecular weight excluding hydrogens is 342 g/mol. The summed E-state index contributed by atoms with van der Waals surface area (Å²) < 4.78 is 4.90. The Hall–Kier alpha value is -3.19. The van der Waals surface area contributed by atoms with Crippen molar-refractivity contribution in [1.29, 1.82) is 5.26 Å². The number of likely N-dealkylation sites (tertiary alicyclic amines) is 1. The van der Waals surface area contributed by atoms with Crippen LogP contribution >= 0.6 is 0 Å². The van der Waals surface area contributed by atoms with Crippen molar-refractivity contribution in [3.63, 3.8) is 0 Å². The number of aliphatic hydroxyl groups is 1. The maximum atomic E-state index is 12.7. The van der Waals surface area contributed by atoms with E-state index in [1.807, 2.05) is 24.3 Å². The molecule has 136 valence electrons. The van der Waals surface area contributed by atoms with Gasteiger partial charge in [0, 0.05) is 31.0 Å². The molecule has 6 nitrogen and oxygen atoms in total. The van der Waals surface area contributed by atoms with Crippen molar-refractivity contribution in [2.75, 3.05) is 20.3 Å². The summed E-state index contributed by atoms with van der Waals surface area (Å²) >= 11 is 0. The molecule has 1 aromatic heterocycles. The van der Waals surface area contributed by atoms with Crippen molar-refractivity contribution >= 4 is 5.91 Å².